The van der Waals surface area contributed by atoms with Gasteiger partial charge in [0.2, 0.25) is 0 Å². The minimum absolute atomic E-state index is 0.0976. The summed E-state index contributed by atoms with van der Waals surface area (Å²) in [5.74, 6) is 1.27. The van der Waals surface area contributed by atoms with Gasteiger partial charge in [-0.05, 0) is 43.5 Å². The number of aromatic nitrogens is 2. The number of amides is 1. The Bertz CT molecular complexity index is 1110. The number of ether oxygens (including phenoxy) is 2. The number of nitrogens with one attached hydrogen (secondary N) is 1. The highest BCUT2D eigenvalue weighted by atomic mass is 16.5. The van der Waals surface area contributed by atoms with Crippen molar-refractivity contribution in [3.63, 3.8) is 0 Å². The van der Waals surface area contributed by atoms with Gasteiger partial charge in [-0.25, -0.2) is 4.98 Å². The van der Waals surface area contributed by atoms with Crippen molar-refractivity contribution in [2.24, 2.45) is 0 Å². The van der Waals surface area contributed by atoms with Crippen LogP contribution in [-0.2, 0) is 13.0 Å². The number of fused-ring (bicyclic) bond motifs is 1. The lowest BCUT2D eigenvalue weighted by molar-refractivity contribution is 0.0748. The maximum Gasteiger partial charge on any atom is 0.258 e. The van der Waals surface area contributed by atoms with Crippen molar-refractivity contribution >= 4 is 16.8 Å². The summed E-state index contributed by atoms with van der Waals surface area (Å²) in [7, 11) is 3.05. The maximum absolute atomic E-state index is 13.0. The van der Waals surface area contributed by atoms with E-state index in [4.69, 9.17) is 9.47 Å². The molecule has 0 spiro atoms. The van der Waals surface area contributed by atoms with Gasteiger partial charge in [0.1, 0.15) is 5.82 Å². The minimum Gasteiger partial charge on any atom is -0.493 e. The molecule has 0 aliphatic carbocycles. The Balaban J connectivity index is 1.85. The van der Waals surface area contributed by atoms with E-state index in [1.54, 1.807) is 17.0 Å². The standard InChI is InChI=1S/C24H29N3O4/c1-5-7-8-16-9-11-17(12-10-16)24(29)27(6-2)15-22-25-19-14-21(31-4)20(30-3)13-18(19)23(28)26-22/h9-14H,5-8,15H2,1-4H3,(H,25,26,28). The van der Waals surface area contributed by atoms with Crippen LogP contribution >= 0.6 is 0 Å². The van der Waals surface area contributed by atoms with Crippen molar-refractivity contribution in [1.29, 1.82) is 0 Å². The fourth-order valence-corrected chi connectivity index (χ4v) is 3.47. The van der Waals surface area contributed by atoms with Crippen LogP contribution in [0.5, 0.6) is 11.5 Å². The topological polar surface area (TPSA) is 84.5 Å². The Hall–Kier alpha value is -3.35. The van der Waals surface area contributed by atoms with Crippen LogP contribution in [-0.4, -0.2) is 41.5 Å². The number of aromatic amines is 1. The third kappa shape index (κ3) is 5.05. The molecule has 164 valence electrons. The van der Waals surface area contributed by atoms with Crippen molar-refractivity contribution in [1.82, 2.24) is 14.9 Å². The number of carbonyl (C=O) groups excluding carboxylic acids is 1. The van der Waals surface area contributed by atoms with E-state index in [9.17, 15) is 9.59 Å². The van der Waals surface area contributed by atoms with Gasteiger partial charge in [0, 0.05) is 18.2 Å². The van der Waals surface area contributed by atoms with E-state index >= 15 is 0 Å². The second-order valence-corrected chi connectivity index (χ2v) is 7.36. The van der Waals surface area contributed by atoms with E-state index in [1.165, 1.54) is 19.8 Å². The third-order valence-electron chi connectivity index (χ3n) is 5.29. The fourth-order valence-electron chi connectivity index (χ4n) is 3.47. The molecule has 0 radical (unpaired) electrons. The molecule has 3 rings (SSSR count). The molecule has 3 aromatic rings. The van der Waals surface area contributed by atoms with Crippen molar-refractivity contribution in [2.45, 2.75) is 39.7 Å². The molecule has 0 aliphatic rings. The molecule has 0 fully saturated rings. The summed E-state index contributed by atoms with van der Waals surface area (Å²) in [5, 5.41) is 0.401. The number of carbonyl (C=O) groups is 1. The number of aryl methyl sites for hydroxylation is 1. The molecule has 7 heteroatoms. The van der Waals surface area contributed by atoms with Crippen LogP contribution in [0.15, 0.2) is 41.2 Å². The van der Waals surface area contributed by atoms with Crippen molar-refractivity contribution in [2.75, 3.05) is 20.8 Å². The SMILES string of the molecule is CCCCc1ccc(C(=O)N(CC)Cc2nc3cc(OC)c(OC)cc3c(=O)[nH]2)cc1. The second kappa shape index (κ2) is 10.1. The van der Waals surface area contributed by atoms with Gasteiger partial charge in [-0.1, -0.05) is 25.5 Å². The molecule has 1 N–H and O–H groups in total. The Labute approximate surface area is 182 Å². The largest absolute Gasteiger partial charge is 0.493 e. The van der Waals surface area contributed by atoms with Gasteiger partial charge >= 0.3 is 0 Å². The van der Waals surface area contributed by atoms with E-state index in [2.05, 4.69) is 16.9 Å². The lowest BCUT2D eigenvalue weighted by Crippen LogP contribution is -2.32. The van der Waals surface area contributed by atoms with Crippen LogP contribution in [0.3, 0.4) is 0 Å². The molecular weight excluding hydrogens is 394 g/mol. The smallest absolute Gasteiger partial charge is 0.258 e. The van der Waals surface area contributed by atoms with Gasteiger partial charge in [-0.3, -0.25) is 9.59 Å². The first kappa shape index (κ1) is 22.3. The van der Waals surface area contributed by atoms with Gasteiger partial charge in [0.15, 0.2) is 11.5 Å². The number of hydrogen-bond acceptors (Lipinski definition) is 5. The van der Waals surface area contributed by atoms with Gasteiger partial charge < -0.3 is 19.4 Å². The molecule has 2 aromatic carbocycles. The van der Waals surface area contributed by atoms with E-state index < -0.39 is 0 Å². The van der Waals surface area contributed by atoms with Gasteiger partial charge in [-0.15, -0.1) is 0 Å². The van der Waals surface area contributed by atoms with Crippen molar-refractivity contribution in [3.05, 3.63) is 63.7 Å². The molecule has 1 aromatic heterocycles. The number of hydrogen-bond donors (Lipinski definition) is 1. The number of nitrogens with zero attached hydrogens (tertiary/aromatic N) is 2. The summed E-state index contributed by atoms with van der Waals surface area (Å²) in [6.07, 6.45) is 3.28. The highest BCUT2D eigenvalue weighted by Gasteiger charge is 2.17. The van der Waals surface area contributed by atoms with E-state index in [0.29, 0.717) is 40.3 Å². The van der Waals surface area contributed by atoms with Gasteiger partial charge in [0.25, 0.3) is 11.5 Å². The van der Waals surface area contributed by atoms with Crippen LogP contribution in [0.2, 0.25) is 0 Å². The normalized spacial score (nSPS) is 10.8. The van der Waals surface area contributed by atoms with Crippen LogP contribution < -0.4 is 15.0 Å². The zero-order valence-electron chi connectivity index (χ0n) is 18.5. The summed E-state index contributed by atoms with van der Waals surface area (Å²) < 4.78 is 10.6. The second-order valence-electron chi connectivity index (χ2n) is 7.36. The highest BCUT2D eigenvalue weighted by molar-refractivity contribution is 5.94. The third-order valence-corrected chi connectivity index (χ3v) is 5.29. The minimum atomic E-state index is -0.287. The Morgan fingerprint density at radius 1 is 1.06 bits per heavy atom. The Morgan fingerprint density at radius 2 is 1.74 bits per heavy atom. The summed E-state index contributed by atoms with van der Waals surface area (Å²) in [4.78, 5) is 34.6. The maximum atomic E-state index is 13.0. The first-order valence-electron chi connectivity index (χ1n) is 10.5. The molecule has 0 unspecified atom stereocenters. The summed E-state index contributed by atoms with van der Waals surface area (Å²) >= 11 is 0. The predicted molar refractivity (Wildman–Crippen MR) is 121 cm³/mol. The number of methoxy groups -OCH3 is 2. The van der Waals surface area contributed by atoms with Crippen LogP contribution in [0.25, 0.3) is 10.9 Å². The number of H-pyrrole nitrogens is 1. The molecule has 0 saturated heterocycles. The van der Waals surface area contributed by atoms with Crippen molar-refractivity contribution < 1.29 is 14.3 Å². The molecule has 0 saturated carbocycles. The molecule has 0 aliphatic heterocycles. The fraction of sp³-hybridized carbons (Fsp3) is 0.375. The number of benzene rings is 2. The average molecular weight is 424 g/mol. The quantitative estimate of drug-likeness (QED) is 0.563. The highest BCUT2D eigenvalue weighted by Crippen LogP contribution is 2.30. The van der Waals surface area contributed by atoms with Crippen LogP contribution in [0, 0.1) is 0 Å². The lowest BCUT2D eigenvalue weighted by Gasteiger charge is -2.21. The van der Waals surface area contributed by atoms with Gasteiger partial charge in [-0.2, -0.15) is 0 Å². The predicted octanol–water partition coefficient (Wildman–Crippen LogP) is 3.95. The average Bonchev–Trinajstić information content (AvgIpc) is 2.80. The lowest BCUT2D eigenvalue weighted by atomic mass is 10.1. The van der Waals surface area contributed by atoms with E-state index in [-0.39, 0.29) is 18.0 Å². The monoisotopic (exact) mass is 423 g/mol. The Kier molecular flexibility index (Phi) is 7.28. The summed E-state index contributed by atoms with van der Waals surface area (Å²) in [5.41, 5.74) is 2.05. The molecule has 31 heavy (non-hydrogen) atoms. The number of rotatable bonds is 9. The van der Waals surface area contributed by atoms with Crippen LogP contribution in [0.1, 0.15) is 48.4 Å². The Morgan fingerprint density at radius 3 is 2.35 bits per heavy atom. The molecule has 1 heterocycles. The number of unbranched alkanes of at least 4 members (excludes halogenated alkanes) is 1. The van der Waals surface area contributed by atoms with E-state index in [0.717, 1.165) is 19.3 Å². The van der Waals surface area contributed by atoms with Crippen molar-refractivity contribution in [3.8, 4) is 11.5 Å². The van der Waals surface area contributed by atoms with E-state index in [1.807, 2.05) is 31.2 Å². The first-order valence-corrected chi connectivity index (χ1v) is 10.5. The van der Waals surface area contributed by atoms with Crippen LogP contribution in [0.4, 0.5) is 0 Å². The van der Waals surface area contributed by atoms with Gasteiger partial charge in [0.05, 0.1) is 31.7 Å². The zero-order chi connectivity index (χ0) is 22.4. The molecule has 0 bridgehead atoms. The molecule has 0 atom stereocenters. The summed E-state index contributed by atoms with van der Waals surface area (Å²) in [6, 6.07) is 11.0. The zero-order valence-corrected chi connectivity index (χ0v) is 18.5. The summed E-state index contributed by atoms with van der Waals surface area (Å²) in [6.45, 7) is 4.76. The first-order chi connectivity index (χ1) is 15.0. The molecule has 1 amide bonds. The molecule has 7 nitrogen and oxygen atoms in total. The molecular formula is C24H29N3O4.